The fraction of sp³-hybridized carbons (Fsp3) is 0.571. The van der Waals surface area contributed by atoms with Crippen LogP contribution in [-0.2, 0) is 6.54 Å². The van der Waals surface area contributed by atoms with Crippen molar-refractivity contribution in [3.63, 3.8) is 0 Å². The van der Waals surface area contributed by atoms with Crippen LogP contribution in [0.5, 0.6) is 0 Å². The van der Waals surface area contributed by atoms with E-state index in [0.717, 1.165) is 31.4 Å². The van der Waals surface area contributed by atoms with Gasteiger partial charge in [0.15, 0.2) is 0 Å². The first kappa shape index (κ1) is 11.9. The molecule has 1 nitrogen and oxygen atoms in total. The molecule has 1 fully saturated rings. The van der Waals surface area contributed by atoms with E-state index in [1.807, 2.05) is 0 Å². The number of hydrogen-bond donors (Lipinski definition) is 0. The maximum atomic E-state index is 5.79. The summed E-state index contributed by atoms with van der Waals surface area (Å²) in [5.41, 5.74) is 1.42. The topological polar surface area (TPSA) is 3.24 Å². The normalized spacial score (nSPS) is 16.4. The van der Waals surface area contributed by atoms with Gasteiger partial charge >= 0.3 is 0 Å². The number of nitrogens with zero attached hydrogens (tertiary/aromatic N) is 1. The van der Waals surface area contributed by atoms with Gasteiger partial charge in [0.25, 0.3) is 0 Å². The number of rotatable bonds is 6. The molecule has 0 aliphatic heterocycles. The summed E-state index contributed by atoms with van der Waals surface area (Å²) in [7, 11) is 0. The Morgan fingerprint density at radius 1 is 1.19 bits per heavy atom. The zero-order valence-corrected chi connectivity index (χ0v) is 10.5. The SMILES string of the molecule is ClCCCN(Cc1ccccc1)C1CCC1. The molecule has 1 aromatic rings. The van der Waals surface area contributed by atoms with Crippen LogP contribution in [0.1, 0.15) is 31.2 Å². The van der Waals surface area contributed by atoms with Crippen molar-refractivity contribution in [3.8, 4) is 0 Å². The average molecular weight is 238 g/mol. The molecule has 88 valence electrons. The van der Waals surface area contributed by atoms with E-state index in [2.05, 4.69) is 35.2 Å². The van der Waals surface area contributed by atoms with E-state index in [1.165, 1.54) is 24.8 Å². The predicted octanol–water partition coefficient (Wildman–Crippen LogP) is 3.67. The molecule has 16 heavy (non-hydrogen) atoms. The third kappa shape index (κ3) is 3.23. The first-order valence-electron chi connectivity index (χ1n) is 6.24. The fourth-order valence-electron chi connectivity index (χ4n) is 2.22. The van der Waals surface area contributed by atoms with Gasteiger partial charge in [-0.05, 0) is 31.4 Å². The maximum absolute atomic E-state index is 5.79. The molecule has 1 saturated carbocycles. The van der Waals surface area contributed by atoms with Crippen LogP contribution in [0.4, 0.5) is 0 Å². The summed E-state index contributed by atoms with van der Waals surface area (Å²) in [6, 6.07) is 11.6. The molecular weight excluding hydrogens is 218 g/mol. The highest BCUT2D eigenvalue weighted by Crippen LogP contribution is 2.26. The van der Waals surface area contributed by atoms with E-state index in [-0.39, 0.29) is 0 Å². The van der Waals surface area contributed by atoms with Gasteiger partial charge in [0.05, 0.1) is 0 Å². The summed E-state index contributed by atoms with van der Waals surface area (Å²) in [6.45, 7) is 2.23. The molecule has 0 bridgehead atoms. The van der Waals surface area contributed by atoms with Crippen LogP contribution >= 0.6 is 11.6 Å². The molecule has 0 amide bonds. The standard InChI is InChI=1S/C14H20ClN/c15-10-5-11-16(14-8-4-9-14)12-13-6-2-1-3-7-13/h1-3,6-7,14H,4-5,8-12H2. The van der Waals surface area contributed by atoms with E-state index >= 15 is 0 Å². The molecule has 0 spiro atoms. The van der Waals surface area contributed by atoms with Crippen LogP contribution in [0.3, 0.4) is 0 Å². The Hall–Kier alpha value is -0.530. The highest BCUT2D eigenvalue weighted by atomic mass is 35.5. The van der Waals surface area contributed by atoms with E-state index in [4.69, 9.17) is 11.6 Å². The van der Waals surface area contributed by atoms with Crippen molar-refractivity contribution in [2.24, 2.45) is 0 Å². The Labute approximate surface area is 103 Å². The van der Waals surface area contributed by atoms with Gasteiger partial charge in [-0.15, -0.1) is 11.6 Å². The second kappa shape index (κ2) is 6.27. The monoisotopic (exact) mass is 237 g/mol. The Morgan fingerprint density at radius 3 is 2.50 bits per heavy atom. The molecule has 0 radical (unpaired) electrons. The van der Waals surface area contributed by atoms with Gasteiger partial charge in [-0.3, -0.25) is 4.90 Å². The lowest BCUT2D eigenvalue weighted by atomic mass is 9.91. The third-order valence-electron chi connectivity index (χ3n) is 3.40. The Balaban J connectivity index is 1.90. The lowest BCUT2D eigenvalue weighted by Gasteiger charge is -2.37. The lowest BCUT2D eigenvalue weighted by molar-refractivity contribution is 0.120. The molecule has 1 aromatic carbocycles. The molecule has 0 unspecified atom stereocenters. The molecule has 1 aliphatic carbocycles. The summed E-state index contributed by atoms with van der Waals surface area (Å²) in [4.78, 5) is 2.60. The van der Waals surface area contributed by atoms with Gasteiger partial charge in [-0.1, -0.05) is 36.8 Å². The molecule has 0 heterocycles. The second-order valence-electron chi connectivity index (χ2n) is 4.58. The largest absolute Gasteiger partial charge is 0.296 e. The molecule has 0 N–H and O–H groups in total. The van der Waals surface area contributed by atoms with Crippen LogP contribution in [0, 0.1) is 0 Å². The number of halogens is 1. The van der Waals surface area contributed by atoms with Crippen molar-refractivity contribution in [1.29, 1.82) is 0 Å². The first-order chi connectivity index (χ1) is 7.90. The molecule has 2 heteroatoms. The third-order valence-corrected chi connectivity index (χ3v) is 3.67. The van der Waals surface area contributed by atoms with Gasteiger partial charge in [0, 0.05) is 18.5 Å². The average Bonchev–Trinajstić information content (AvgIpc) is 2.25. The summed E-state index contributed by atoms with van der Waals surface area (Å²) in [6.07, 6.45) is 5.24. The van der Waals surface area contributed by atoms with Crippen molar-refractivity contribution in [2.45, 2.75) is 38.3 Å². The molecular formula is C14H20ClN. The van der Waals surface area contributed by atoms with Gasteiger partial charge in [-0.25, -0.2) is 0 Å². The number of benzene rings is 1. The van der Waals surface area contributed by atoms with Crippen LogP contribution in [0.2, 0.25) is 0 Å². The maximum Gasteiger partial charge on any atom is 0.0236 e. The number of hydrogen-bond acceptors (Lipinski definition) is 1. The van der Waals surface area contributed by atoms with Gasteiger partial charge in [0.2, 0.25) is 0 Å². The van der Waals surface area contributed by atoms with Crippen molar-refractivity contribution in [1.82, 2.24) is 4.90 Å². The Morgan fingerprint density at radius 2 is 1.94 bits per heavy atom. The Bertz CT molecular complexity index is 295. The zero-order valence-electron chi connectivity index (χ0n) is 9.74. The zero-order chi connectivity index (χ0) is 11.2. The minimum atomic E-state index is 0.776. The highest BCUT2D eigenvalue weighted by molar-refractivity contribution is 6.17. The van der Waals surface area contributed by atoms with E-state index in [1.54, 1.807) is 0 Å². The highest BCUT2D eigenvalue weighted by Gasteiger charge is 2.24. The summed E-state index contributed by atoms with van der Waals surface area (Å²) in [5, 5.41) is 0. The minimum absolute atomic E-state index is 0.776. The molecule has 1 aliphatic rings. The quantitative estimate of drug-likeness (QED) is 0.683. The number of alkyl halides is 1. The molecule has 0 saturated heterocycles. The van der Waals surface area contributed by atoms with Gasteiger partial charge in [0.1, 0.15) is 0 Å². The van der Waals surface area contributed by atoms with Gasteiger partial charge < -0.3 is 0 Å². The molecule has 0 atom stereocenters. The van der Waals surface area contributed by atoms with Crippen LogP contribution in [-0.4, -0.2) is 23.4 Å². The van der Waals surface area contributed by atoms with Crippen LogP contribution in [0.15, 0.2) is 30.3 Å². The molecule has 0 aromatic heterocycles. The lowest BCUT2D eigenvalue weighted by Crippen LogP contribution is -2.40. The van der Waals surface area contributed by atoms with Crippen molar-refractivity contribution < 1.29 is 0 Å². The second-order valence-corrected chi connectivity index (χ2v) is 4.96. The van der Waals surface area contributed by atoms with E-state index < -0.39 is 0 Å². The predicted molar refractivity (Wildman–Crippen MR) is 69.8 cm³/mol. The van der Waals surface area contributed by atoms with Crippen LogP contribution in [0.25, 0.3) is 0 Å². The van der Waals surface area contributed by atoms with Crippen molar-refractivity contribution >= 4 is 11.6 Å². The van der Waals surface area contributed by atoms with Crippen molar-refractivity contribution in [2.75, 3.05) is 12.4 Å². The Kier molecular flexibility index (Phi) is 4.68. The van der Waals surface area contributed by atoms with E-state index in [0.29, 0.717) is 0 Å². The van der Waals surface area contributed by atoms with Crippen molar-refractivity contribution in [3.05, 3.63) is 35.9 Å². The first-order valence-corrected chi connectivity index (χ1v) is 6.77. The summed E-state index contributed by atoms with van der Waals surface area (Å²) in [5.74, 6) is 0.776. The van der Waals surface area contributed by atoms with E-state index in [9.17, 15) is 0 Å². The summed E-state index contributed by atoms with van der Waals surface area (Å²) < 4.78 is 0. The summed E-state index contributed by atoms with van der Waals surface area (Å²) >= 11 is 5.79. The minimum Gasteiger partial charge on any atom is -0.296 e. The smallest absolute Gasteiger partial charge is 0.0236 e. The van der Waals surface area contributed by atoms with Gasteiger partial charge in [-0.2, -0.15) is 0 Å². The fourth-order valence-corrected chi connectivity index (χ4v) is 2.34. The van der Waals surface area contributed by atoms with Crippen LogP contribution < -0.4 is 0 Å². The molecule has 2 rings (SSSR count).